The predicted octanol–water partition coefficient (Wildman–Crippen LogP) is 3.53. The highest BCUT2D eigenvalue weighted by molar-refractivity contribution is 7.98. The summed E-state index contributed by atoms with van der Waals surface area (Å²) in [4.78, 5) is 11.4. The van der Waals surface area contributed by atoms with Gasteiger partial charge < -0.3 is 10.5 Å². The fourth-order valence-corrected chi connectivity index (χ4v) is 3.57. The van der Waals surface area contributed by atoms with Gasteiger partial charge in [0.25, 0.3) is 0 Å². The van der Waals surface area contributed by atoms with Crippen LogP contribution in [0.15, 0.2) is 66.3 Å². The number of hydrogen-bond acceptors (Lipinski definition) is 5. The normalized spacial score (nSPS) is 10.6. The summed E-state index contributed by atoms with van der Waals surface area (Å²) >= 11 is 1.54. The van der Waals surface area contributed by atoms with Crippen molar-refractivity contribution in [2.75, 3.05) is 7.11 Å². The number of rotatable bonds is 8. The van der Waals surface area contributed by atoms with E-state index in [0.29, 0.717) is 17.9 Å². The maximum atomic E-state index is 11.4. The van der Waals surface area contributed by atoms with Crippen molar-refractivity contribution in [1.82, 2.24) is 14.8 Å². The Balaban J connectivity index is 1.88. The van der Waals surface area contributed by atoms with Gasteiger partial charge in [0.15, 0.2) is 11.0 Å². The monoisotopic (exact) mass is 380 g/mol. The number of aromatic nitrogens is 3. The Morgan fingerprint density at radius 3 is 2.81 bits per heavy atom. The zero-order valence-corrected chi connectivity index (χ0v) is 15.8. The summed E-state index contributed by atoms with van der Waals surface area (Å²) in [5, 5.41) is 9.47. The minimum Gasteiger partial charge on any atom is -0.496 e. The second-order valence-corrected chi connectivity index (χ2v) is 6.70. The minimum atomic E-state index is -0.435. The Labute approximate surface area is 162 Å². The van der Waals surface area contributed by atoms with E-state index in [9.17, 15) is 4.79 Å². The number of para-hydroxylation sites is 1. The Morgan fingerprint density at radius 1 is 1.26 bits per heavy atom. The molecule has 2 aromatic carbocycles. The average molecular weight is 380 g/mol. The molecule has 0 atom stereocenters. The van der Waals surface area contributed by atoms with Crippen molar-refractivity contribution in [3.8, 4) is 17.1 Å². The predicted molar refractivity (Wildman–Crippen MR) is 107 cm³/mol. The van der Waals surface area contributed by atoms with Crippen molar-refractivity contribution in [1.29, 1.82) is 0 Å². The number of primary amides is 1. The molecule has 1 heterocycles. The van der Waals surface area contributed by atoms with Crippen LogP contribution < -0.4 is 10.5 Å². The van der Waals surface area contributed by atoms with E-state index < -0.39 is 5.91 Å². The molecule has 1 amide bonds. The molecule has 0 spiro atoms. The number of nitrogens with zero attached hydrogens (tertiary/aromatic N) is 3. The summed E-state index contributed by atoms with van der Waals surface area (Å²) in [6.07, 6.45) is 1.81. The van der Waals surface area contributed by atoms with Crippen molar-refractivity contribution < 1.29 is 9.53 Å². The molecule has 138 valence electrons. The lowest BCUT2D eigenvalue weighted by Gasteiger charge is -2.10. The molecule has 3 rings (SSSR count). The third-order valence-corrected chi connectivity index (χ3v) is 4.99. The van der Waals surface area contributed by atoms with Crippen LogP contribution in [0.25, 0.3) is 11.4 Å². The highest BCUT2D eigenvalue weighted by atomic mass is 32.2. The summed E-state index contributed by atoms with van der Waals surface area (Å²) in [5.41, 5.74) is 7.71. The number of hydrogen-bond donors (Lipinski definition) is 1. The first-order valence-electron chi connectivity index (χ1n) is 8.33. The van der Waals surface area contributed by atoms with Gasteiger partial charge in [0, 0.05) is 17.9 Å². The number of ether oxygens (including phenoxy) is 1. The Morgan fingerprint density at radius 2 is 2.07 bits per heavy atom. The van der Waals surface area contributed by atoms with Gasteiger partial charge in [-0.15, -0.1) is 16.8 Å². The van der Waals surface area contributed by atoms with Crippen LogP contribution in [0.4, 0.5) is 0 Å². The molecule has 27 heavy (non-hydrogen) atoms. The van der Waals surface area contributed by atoms with Gasteiger partial charge in [0.05, 0.1) is 12.7 Å². The van der Waals surface area contributed by atoms with E-state index in [1.54, 1.807) is 25.3 Å². The molecule has 0 saturated carbocycles. The lowest BCUT2D eigenvalue weighted by molar-refractivity contribution is 0.1000. The van der Waals surface area contributed by atoms with E-state index in [-0.39, 0.29) is 0 Å². The lowest BCUT2D eigenvalue weighted by atomic mass is 10.1. The smallest absolute Gasteiger partial charge is 0.248 e. The molecule has 0 unspecified atom stereocenters. The van der Waals surface area contributed by atoms with E-state index in [4.69, 9.17) is 10.5 Å². The average Bonchev–Trinajstić information content (AvgIpc) is 3.09. The van der Waals surface area contributed by atoms with Crippen molar-refractivity contribution in [2.24, 2.45) is 5.73 Å². The summed E-state index contributed by atoms with van der Waals surface area (Å²) in [5.74, 6) is 1.67. The van der Waals surface area contributed by atoms with E-state index in [1.807, 2.05) is 41.0 Å². The SMILES string of the molecule is C=CCn1c(SCc2cccc(C(N)=O)c2)nnc1-c1ccccc1OC. The number of methoxy groups -OCH3 is 1. The van der Waals surface area contributed by atoms with Crippen molar-refractivity contribution >= 4 is 17.7 Å². The maximum absolute atomic E-state index is 11.4. The molecule has 6 nitrogen and oxygen atoms in total. The standard InChI is InChI=1S/C20H20N4O2S/c1-3-11-24-19(16-9-4-5-10-17(16)26-2)22-23-20(24)27-13-14-7-6-8-15(12-14)18(21)25/h3-10,12H,1,11,13H2,2H3,(H2,21,25). The van der Waals surface area contributed by atoms with Gasteiger partial charge in [-0.2, -0.15) is 0 Å². The van der Waals surface area contributed by atoms with Gasteiger partial charge in [-0.3, -0.25) is 9.36 Å². The van der Waals surface area contributed by atoms with Crippen molar-refractivity contribution in [3.63, 3.8) is 0 Å². The number of amides is 1. The van der Waals surface area contributed by atoms with Gasteiger partial charge >= 0.3 is 0 Å². The highest BCUT2D eigenvalue weighted by Crippen LogP contribution is 2.31. The van der Waals surface area contributed by atoms with Crippen molar-refractivity contribution in [3.05, 3.63) is 72.3 Å². The molecule has 2 N–H and O–H groups in total. The number of carbonyl (C=O) groups excluding carboxylic acids is 1. The molecule has 0 bridgehead atoms. The number of nitrogens with two attached hydrogens (primary N) is 1. The molecule has 1 aromatic heterocycles. The molecule has 0 aliphatic carbocycles. The topological polar surface area (TPSA) is 83.0 Å². The first-order valence-corrected chi connectivity index (χ1v) is 9.31. The minimum absolute atomic E-state index is 0.435. The van der Waals surface area contributed by atoms with Crippen LogP contribution >= 0.6 is 11.8 Å². The summed E-state index contributed by atoms with van der Waals surface area (Å²) < 4.78 is 7.44. The fourth-order valence-electron chi connectivity index (χ4n) is 2.68. The third kappa shape index (κ3) is 4.20. The van der Waals surface area contributed by atoms with E-state index >= 15 is 0 Å². The van der Waals surface area contributed by atoms with Crippen LogP contribution in [0.5, 0.6) is 5.75 Å². The molecule has 0 aliphatic rings. The van der Waals surface area contributed by atoms with Gasteiger partial charge in [-0.1, -0.05) is 42.1 Å². The van der Waals surface area contributed by atoms with Crippen LogP contribution in [0.2, 0.25) is 0 Å². The van der Waals surface area contributed by atoms with Crippen LogP contribution in [-0.2, 0) is 12.3 Å². The van der Waals surface area contributed by atoms with Crippen LogP contribution in [0.1, 0.15) is 15.9 Å². The molecular weight excluding hydrogens is 360 g/mol. The zero-order chi connectivity index (χ0) is 19.2. The second-order valence-electron chi connectivity index (χ2n) is 5.76. The molecule has 0 radical (unpaired) electrons. The van der Waals surface area contributed by atoms with E-state index in [2.05, 4.69) is 16.8 Å². The van der Waals surface area contributed by atoms with Gasteiger partial charge in [-0.05, 0) is 29.8 Å². The zero-order valence-electron chi connectivity index (χ0n) is 15.0. The van der Waals surface area contributed by atoms with Crippen molar-refractivity contribution in [2.45, 2.75) is 17.5 Å². The fraction of sp³-hybridized carbons (Fsp3) is 0.150. The number of carbonyl (C=O) groups is 1. The number of allylic oxidation sites excluding steroid dienone is 1. The van der Waals surface area contributed by atoms with Crippen LogP contribution in [0, 0.1) is 0 Å². The van der Waals surface area contributed by atoms with Crippen LogP contribution in [0.3, 0.4) is 0 Å². The second kappa shape index (κ2) is 8.55. The maximum Gasteiger partial charge on any atom is 0.248 e. The Hall–Kier alpha value is -3.06. The van der Waals surface area contributed by atoms with Gasteiger partial charge in [0.1, 0.15) is 5.75 Å². The Bertz CT molecular complexity index is 968. The first kappa shape index (κ1) is 18.7. The quantitative estimate of drug-likeness (QED) is 0.477. The van der Waals surface area contributed by atoms with E-state index in [1.165, 1.54) is 11.8 Å². The highest BCUT2D eigenvalue weighted by Gasteiger charge is 2.16. The molecule has 3 aromatic rings. The van der Waals surface area contributed by atoms with Crippen LogP contribution in [-0.4, -0.2) is 27.8 Å². The Kier molecular flexibility index (Phi) is 5.93. The van der Waals surface area contributed by atoms with Gasteiger partial charge in [0.2, 0.25) is 5.91 Å². The number of thioether (sulfide) groups is 1. The molecule has 0 fully saturated rings. The first-order chi connectivity index (χ1) is 13.1. The summed E-state index contributed by atoms with van der Waals surface area (Å²) in [6, 6.07) is 15.0. The molecule has 7 heteroatoms. The molecular formula is C20H20N4O2S. The summed E-state index contributed by atoms with van der Waals surface area (Å²) in [6.45, 7) is 4.41. The van der Waals surface area contributed by atoms with E-state index in [0.717, 1.165) is 27.9 Å². The molecule has 0 aliphatic heterocycles. The number of benzene rings is 2. The lowest BCUT2D eigenvalue weighted by Crippen LogP contribution is -2.10. The summed E-state index contributed by atoms with van der Waals surface area (Å²) in [7, 11) is 1.63. The largest absolute Gasteiger partial charge is 0.496 e. The van der Waals surface area contributed by atoms with Gasteiger partial charge in [-0.25, -0.2) is 0 Å². The third-order valence-electron chi connectivity index (χ3n) is 3.96. The molecule has 0 saturated heterocycles.